The molecule has 1 aliphatic rings. The highest BCUT2D eigenvalue weighted by atomic mass is 35.5. The van der Waals surface area contributed by atoms with Gasteiger partial charge < -0.3 is 15.4 Å². The van der Waals surface area contributed by atoms with Crippen molar-refractivity contribution in [2.24, 2.45) is 0 Å². The maximum atomic E-state index is 12.3. The molecule has 0 spiro atoms. The Hall–Kier alpha value is -1.85. The average molecular weight is 306 g/mol. The summed E-state index contributed by atoms with van der Waals surface area (Å²) in [6, 6.07) is 6.72. The fourth-order valence-electron chi connectivity index (χ4n) is 2.61. The SMILES string of the molecule is O=c1[nH]c(C2CCCCN2)nc(O)c1-c1ccc(Cl)cc1. The van der Waals surface area contributed by atoms with Gasteiger partial charge in [0.05, 0.1) is 6.04 Å². The van der Waals surface area contributed by atoms with Crippen LogP contribution in [0.1, 0.15) is 31.1 Å². The molecule has 1 aliphatic heterocycles. The van der Waals surface area contributed by atoms with Crippen LogP contribution in [0.15, 0.2) is 29.1 Å². The van der Waals surface area contributed by atoms with Crippen LogP contribution in [0.4, 0.5) is 0 Å². The Labute approximate surface area is 127 Å². The van der Waals surface area contributed by atoms with Crippen LogP contribution in [0.3, 0.4) is 0 Å². The molecule has 1 aromatic heterocycles. The summed E-state index contributed by atoms with van der Waals surface area (Å²) in [4.78, 5) is 19.2. The molecule has 2 heterocycles. The first-order chi connectivity index (χ1) is 10.1. The molecular weight excluding hydrogens is 290 g/mol. The summed E-state index contributed by atoms with van der Waals surface area (Å²) in [7, 11) is 0. The molecule has 1 unspecified atom stereocenters. The fraction of sp³-hybridized carbons (Fsp3) is 0.333. The summed E-state index contributed by atoms with van der Waals surface area (Å²) in [5, 5.41) is 14.0. The minimum atomic E-state index is -0.341. The smallest absolute Gasteiger partial charge is 0.262 e. The van der Waals surface area contributed by atoms with Gasteiger partial charge in [0, 0.05) is 5.02 Å². The van der Waals surface area contributed by atoms with Crippen LogP contribution in [0.25, 0.3) is 11.1 Å². The Balaban J connectivity index is 2.00. The van der Waals surface area contributed by atoms with Crippen molar-refractivity contribution < 1.29 is 5.11 Å². The molecular formula is C15H16ClN3O2. The Bertz CT molecular complexity index is 691. The Kier molecular flexibility index (Phi) is 3.94. The van der Waals surface area contributed by atoms with Gasteiger partial charge in [0.15, 0.2) is 0 Å². The van der Waals surface area contributed by atoms with Gasteiger partial charge in [-0.3, -0.25) is 4.79 Å². The van der Waals surface area contributed by atoms with Gasteiger partial charge >= 0.3 is 0 Å². The molecule has 110 valence electrons. The number of aromatic nitrogens is 2. The predicted molar refractivity (Wildman–Crippen MR) is 81.6 cm³/mol. The normalized spacial score (nSPS) is 18.6. The first-order valence-electron chi connectivity index (χ1n) is 6.97. The van der Waals surface area contributed by atoms with E-state index in [0.29, 0.717) is 16.4 Å². The van der Waals surface area contributed by atoms with E-state index in [4.69, 9.17) is 11.6 Å². The van der Waals surface area contributed by atoms with E-state index >= 15 is 0 Å². The highest BCUT2D eigenvalue weighted by Crippen LogP contribution is 2.27. The van der Waals surface area contributed by atoms with Crippen molar-refractivity contribution in [3.8, 4) is 17.0 Å². The zero-order valence-electron chi connectivity index (χ0n) is 11.4. The predicted octanol–water partition coefficient (Wildman–Crippen LogP) is 2.61. The molecule has 1 fully saturated rings. The van der Waals surface area contributed by atoms with Crippen LogP contribution in [0, 0.1) is 0 Å². The lowest BCUT2D eigenvalue weighted by atomic mass is 10.0. The van der Waals surface area contributed by atoms with E-state index < -0.39 is 0 Å². The van der Waals surface area contributed by atoms with Crippen LogP contribution in [0.2, 0.25) is 5.02 Å². The number of aromatic amines is 1. The lowest BCUT2D eigenvalue weighted by Gasteiger charge is -2.22. The summed E-state index contributed by atoms with van der Waals surface area (Å²) in [5.41, 5.74) is 0.423. The maximum Gasteiger partial charge on any atom is 0.262 e. The third-order valence-corrected chi connectivity index (χ3v) is 3.94. The molecule has 0 aliphatic carbocycles. The van der Waals surface area contributed by atoms with E-state index in [0.717, 1.165) is 25.8 Å². The molecule has 0 saturated carbocycles. The second-order valence-electron chi connectivity index (χ2n) is 5.16. The molecule has 1 atom stereocenters. The molecule has 0 bridgehead atoms. The van der Waals surface area contributed by atoms with Gasteiger partial charge in [0.25, 0.3) is 5.56 Å². The Morgan fingerprint density at radius 3 is 2.62 bits per heavy atom. The van der Waals surface area contributed by atoms with Crippen LogP contribution < -0.4 is 10.9 Å². The maximum absolute atomic E-state index is 12.3. The van der Waals surface area contributed by atoms with Gasteiger partial charge in [0.1, 0.15) is 11.4 Å². The number of aromatic hydroxyl groups is 1. The van der Waals surface area contributed by atoms with Crippen LogP contribution in [0.5, 0.6) is 5.88 Å². The summed E-state index contributed by atoms with van der Waals surface area (Å²) >= 11 is 5.83. The molecule has 1 aromatic carbocycles. The number of nitrogens with one attached hydrogen (secondary N) is 2. The number of piperidine rings is 1. The first kappa shape index (κ1) is 14.1. The molecule has 3 rings (SSSR count). The van der Waals surface area contributed by atoms with E-state index in [1.807, 2.05) is 0 Å². The van der Waals surface area contributed by atoms with E-state index in [1.165, 1.54) is 0 Å². The average Bonchev–Trinajstić information content (AvgIpc) is 2.49. The molecule has 5 nitrogen and oxygen atoms in total. The third-order valence-electron chi connectivity index (χ3n) is 3.69. The number of rotatable bonds is 2. The molecule has 6 heteroatoms. The Morgan fingerprint density at radius 1 is 1.24 bits per heavy atom. The standard InChI is InChI=1S/C15H16ClN3O2/c16-10-6-4-9(5-7-10)12-14(20)18-13(19-15(12)21)11-3-1-2-8-17-11/h4-7,11,17H,1-3,8H2,(H2,18,19,20,21). The van der Waals surface area contributed by atoms with Crippen molar-refractivity contribution in [3.63, 3.8) is 0 Å². The summed E-state index contributed by atoms with van der Waals surface area (Å²) in [6.07, 6.45) is 3.11. The first-order valence-corrected chi connectivity index (χ1v) is 7.35. The number of hydrogen-bond donors (Lipinski definition) is 3. The Morgan fingerprint density at radius 2 is 2.00 bits per heavy atom. The van der Waals surface area contributed by atoms with Gasteiger partial charge in [-0.25, -0.2) is 0 Å². The van der Waals surface area contributed by atoms with Gasteiger partial charge in [-0.05, 0) is 37.1 Å². The minimum absolute atomic E-state index is 0.00313. The highest BCUT2D eigenvalue weighted by molar-refractivity contribution is 6.30. The number of benzene rings is 1. The second-order valence-corrected chi connectivity index (χ2v) is 5.60. The van der Waals surface area contributed by atoms with Gasteiger partial charge in [-0.1, -0.05) is 30.2 Å². The van der Waals surface area contributed by atoms with E-state index in [9.17, 15) is 9.90 Å². The van der Waals surface area contributed by atoms with Crippen molar-refractivity contribution in [3.05, 3.63) is 45.5 Å². The molecule has 1 saturated heterocycles. The summed E-state index contributed by atoms with van der Waals surface area (Å²) in [6.45, 7) is 0.897. The van der Waals surface area contributed by atoms with Crippen molar-refractivity contribution in [1.82, 2.24) is 15.3 Å². The number of halogens is 1. The van der Waals surface area contributed by atoms with Crippen molar-refractivity contribution in [2.75, 3.05) is 6.54 Å². The second kappa shape index (κ2) is 5.87. The van der Waals surface area contributed by atoms with E-state index in [1.54, 1.807) is 24.3 Å². The lowest BCUT2D eigenvalue weighted by Crippen LogP contribution is -2.30. The van der Waals surface area contributed by atoms with Gasteiger partial charge in [0.2, 0.25) is 5.88 Å². The van der Waals surface area contributed by atoms with Crippen molar-refractivity contribution in [2.45, 2.75) is 25.3 Å². The number of H-pyrrole nitrogens is 1. The van der Waals surface area contributed by atoms with Crippen molar-refractivity contribution in [1.29, 1.82) is 0 Å². The van der Waals surface area contributed by atoms with Crippen molar-refractivity contribution >= 4 is 11.6 Å². The number of nitrogens with zero attached hydrogens (tertiary/aromatic N) is 1. The highest BCUT2D eigenvalue weighted by Gasteiger charge is 2.20. The van der Waals surface area contributed by atoms with Crippen LogP contribution in [-0.4, -0.2) is 21.6 Å². The van der Waals surface area contributed by atoms with E-state index in [-0.39, 0.29) is 23.0 Å². The zero-order chi connectivity index (χ0) is 14.8. The lowest BCUT2D eigenvalue weighted by molar-refractivity contribution is 0.385. The number of hydrogen-bond acceptors (Lipinski definition) is 4. The monoisotopic (exact) mass is 305 g/mol. The largest absolute Gasteiger partial charge is 0.493 e. The summed E-state index contributed by atoms with van der Waals surface area (Å²) in [5.74, 6) is 0.248. The van der Waals surface area contributed by atoms with E-state index in [2.05, 4.69) is 15.3 Å². The van der Waals surface area contributed by atoms with Crippen LogP contribution in [-0.2, 0) is 0 Å². The molecule has 3 N–H and O–H groups in total. The molecule has 0 radical (unpaired) electrons. The third kappa shape index (κ3) is 2.94. The van der Waals surface area contributed by atoms with Gasteiger partial charge in [-0.2, -0.15) is 4.98 Å². The van der Waals surface area contributed by atoms with Crippen LogP contribution >= 0.6 is 11.6 Å². The molecule has 2 aromatic rings. The summed E-state index contributed by atoms with van der Waals surface area (Å²) < 4.78 is 0. The topological polar surface area (TPSA) is 78.0 Å². The van der Waals surface area contributed by atoms with Gasteiger partial charge in [-0.15, -0.1) is 0 Å². The quantitative estimate of drug-likeness (QED) is 0.797. The fourth-order valence-corrected chi connectivity index (χ4v) is 2.73. The molecule has 21 heavy (non-hydrogen) atoms. The minimum Gasteiger partial charge on any atom is -0.493 e. The molecule has 0 amide bonds. The zero-order valence-corrected chi connectivity index (χ0v) is 12.2.